The van der Waals surface area contributed by atoms with Gasteiger partial charge in [0.1, 0.15) is 0 Å². The Balaban J connectivity index is 1.53. The SMILES string of the molecule is CNc1nc(CC(=O)N2CCC3(CC2)OCCO3)cs1. The van der Waals surface area contributed by atoms with Gasteiger partial charge >= 0.3 is 0 Å². The van der Waals surface area contributed by atoms with Gasteiger partial charge in [0.15, 0.2) is 10.9 Å². The first-order valence-corrected chi connectivity index (χ1v) is 7.77. The summed E-state index contributed by atoms with van der Waals surface area (Å²) < 4.78 is 11.3. The average molecular weight is 297 g/mol. The molecule has 0 unspecified atom stereocenters. The summed E-state index contributed by atoms with van der Waals surface area (Å²) in [5.41, 5.74) is 0.831. The largest absolute Gasteiger partial charge is 0.365 e. The fraction of sp³-hybridized carbons (Fsp3) is 0.692. The highest BCUT2D eigenvalue weighted by molar-refractivity contribution is 7.13. The first-order valence-electron chi connectivity index (χ1n) is 6.89. The van der Waals surface area contributed by atoms with Crippen molar-refractivity contribution in [2.45, 2.75) is 25.0 Å². The lowest BCUT2D eigenvalue weighted by Crippen LogP contribution is -2.47. The van der Waals surface area contributed by atoms with Crippen LogP contribution >= 0.6 is 11.3 Å². The summed E-state index contributed by atoms with van der Waals surface area (Å²) in [6, 6.07) is 0. The lowest BCUT2D eigenvalue weighted by Gasteiger charge is -2.37. The molecule has 3 rings (SSSR count). The number of ether oxygens (including phenoxy) is 2. The van der Waals surface area contributed by atoms with Crippen molar-refractivity contribution in [3.63, 3.8) is 0 Å². The quantitative estimate of drug-likeness (QED) is 0.905. The summed E-state index contributed by atoms with van der Waals surface area (Å²) in [7, 11) is 1.83. The molecule has 0 saturated carbocycles. The molecule has 0 aliphatic carbocycles. The van der Waals surface area contributed by atoms with E-state index in [4.69, 9.17) is 9.47 Å². The second kappa shape index (κ2) is 5.67. The Morgan fingerprint density at radius 2 is 2.15 bits per heavy atom. The fourth-order valence-corrected chi connectivity index (χ4v) is 3.32. The Bertz CT molecular complexity index is 475. The number of piperidine rings is 1. The van der Waals surface area contributed by atoms with Crippen LogP contribution in [0, 0.1) is 0 Å². The van der Waals surface area contributed by atoms with Crippen LogP contribution in [0.3, 0.4) is 0 Å². The van der Waals surface area contributed by atoms with Crippen molar-refractivity contribution in [3.05, 3.63) is 11.1 Å². The zero-order valence-electron chi connectivity index (χ0n) is 11.6. The molecule has 0 atom stereocenters. The van der Waals surface area contributed by atoms with E-state index in [-0.39, 0.29) is 5.91 Å². The second-order valence-electron chi connectivity index (χ2n) is 5.06. The normalized spacial score (nSPS) is 21.4. The lowest BCUT2D eigenvalue weighted by molar-refractivity contribution is -0.187. The highest BCUT2D eigenvalue weighted by Crippen LogP contribution is 2.31. The van der Waals surface area contributed by atoms with Crippen molar-refractivity contribution in [2.75, 3.05) is 38.7 Å². The van der Waals surface area contributed by atoms with Crippen molar-refractivity contribution < 1.29 is 14.3 Å². The maximum atomic E-state index is 12.3. The summed E-state index contributed by atoms with van der Waals surface area (Å²) in [5.74, 6) is -0.290. The number of anilines is 1. The molecule has 0 bridgehead atoms. The van der Waals surface area contributed by atoms with Crippen LogP contribution in [0.1, 0.15) is 18.5 Å². The lowest BCUT2D eigenvalue weighted by atomic mass is 10.0. The number of hydrogen-bond acceptors (Lipinski definition) is 6. The molecule has 1 aromatic rings. The van der Waals surface area contributed by atoms with Gasteiger partial charge in [0, 0.05) is 38.4 Å². The molecule has 0 radical (unpaired) electrons. The zero-order valence-corrected chi connectivity index (χ0v) is 12.4. The number of rotatable bonds is 3. The average Bonchev–Trinajstić information content (AvgIpc) is 3.09. The van der Waals surface area contributed by atoms with Crippen LogP contribution in [0.25, 0.3) is 0 Å². The van der Waals surface area contributed by atoms with Gasteiger partial charge in [0.2, 0.25) is 5.91 Å². The summed E-state index contributed by atoms with van der Waals surface area (Å²) in [6.45, 7) is 2.73. The summed E-state index contributed by atoms with van der Waals surface area (Å²) in [5, 5.41) is 5.76. The highest BCUT2D eigenvalue weighted by atomic mass is 32.1. The van der Waals surface area contributed by atoms with Crippen molar-refractivity contribution in [1.29, 1.82) is 0 Å². The van der Waals surface area contributed by atoms with Gasteiger partial charge in [-0.2, -0.15) is 0 Å². The number of thiazole rings is 1. The Morgan fingerprint density at radius 1 is 1.45 bits per heavy atom. The smallest absolute Gasteiger partial charge is 0.228 e. The molecule has 1 spiro atoms. The molecule has 1 N–H and O–H groups in total. The molecule has 1 aromatic heterocycles. The zero-order chi connectivity index (χ0) is 14.0. The van der Waals surface area contributed by atoms with Crippen molar-refractivity contribution in [1.82, 2.24) is 9.88 Å². The van der Waals surface area contributed by atoms with Gasteiger partial charge in [-0.3, -0.25) is 4.79 Å². The molecule has 0 aromatic carbocycles. The predicted molar refractivity (Wildman–Crippen MR) is 75.8 cm³/mol. The highest BCUT2D eigenvalue weighted by Gasteiger charge is 2.40. The Hall–Kier alpha value is -1.18. The van der Waals surface area contributed by atoms with Gasteiger partial charge in [0.25, 0.3) is 0 Å². The van der Waals surface area contributed by atoms with Crippen molar-refractivity contribution in [2.24, 2.45) is 0 Å². The van der Waals surface area contributed by atoms with E-state index in [0.717, 1.165) is 23.7 Å². The van der Waals surface area contributed by atoms with E-state index in [1.807, 2.05) is 17.3 Å². The van der Waals surface area contributed by atoms with Gasteiger partial charge in [-0.1, -0.05) is 0 Å². The van der Waals surface area contributed by atoms with E-state index < -0.39 is 5.79 Å². The third-order valence-corrected chi connectivity index (χ3v) is 4.70. The standard InChI is InChI=1S/C13H19N3O3S/c1-14-12-15-10(9-20-12)8-11(17)16-4-2-13(3-5-16)18-6-7-19-13/h9H,2-8H2,1H3,(H,14,15). The van der Waals surface area contributed by atoms with Crippen LogP contribution in [0.5, 0.6) is 0 Å². The molecular formula is C13H19N3O3S. The van der Waals surface area contributed by atoms with E-state index in [9.17, 15) is 4.79 Å². The third-order valence-electron chi connectivity index (χ3n) is 3.79. The van der Waals surface area contributed by atoms with E-state index in [0.29, 0.717) is 32.7 Å². The van der Waals surface area contributed by atoms with Crippen LogP contribution in [-0.2, 0) is 20.7 Å². The number of likely N-dealkylation sites (tertiary alicyclic amines) is 1. The van der Waals surface area contributed by atoms with Gasteiger partial charge < -0.3 is 19.7 Å². The maximum absolute atomic E-state index is 12.3. The molecule has 20 heavy (non-hydrogen) atoms. The van der Waals surface area contributed by atoms with Gasteiger partial charge in [-0.05, 0) is 0 Å². The number of carbonyl (C=O) groups excluding carboxylic acids is 1. The molecule has 2 fully saturated rings. The summed E-state index contributed by atoms with van der Waals surface area (Å²) >= 11 is 1.52. The minimum atomic E-state index is -0.420. The molecule has 3 heterocycles. The molecule has 6 nitrogen and oxygen atoms in total. The Morgan fingerprint density at radius 3 is 2.75 bits per heavy atom. The van der Waals surface area contributed by atoms with Crippen LogP contribution in [-0.4, -0.2) is 54.9 Å². The molecule has 7 heteroatoms. The molecule has 2 aliphatic heterocycles. The van der Waals surface area contributed by atoms with Crippen LogP contribution in [0.15, 0.2) is 5.38 Å². The Labute approximate surface area is 122 Å². The second-order valence-corrected chi connectivity index (χ2v) is 5.92. The molecule has 2 saturated heterocycles. The number of carbonyl (C=O) groups is 1. The van der Waals surface area contributed by atoms with Crippen molar-refractivity contribution in [3.8, 4) is 0 Å². The van der Waals surface area contributed by atoms with E-state index in [1.165, 1.54) is 11.3 Å². The maximum Gasteiger partial charge on any atom is 0.228 e. The molecule has 1 amide bonds. The van der Waals surface area contributed by atoms with Gasteiger partial charge in [-0.25, -0.2) is 4.98 Å². The molecular weight excluding hydrogens is 278 g/mol. The van der Waals surface area contributed by atoms with Crippen LogP contribution in [0.4, 0.5) is 5.13 Å². The van der Waals surface area contributed by atoms with Gasteiger partial charge in [0.05, 0.1) is 25.3 Å². The van der Waals surface area contributed by atoms with Crippen LogP contribution < -0.4 is 5.32 Å². The number of aromatic nitrogens is 1. The third kappa shape index (κ3) is 2.79. The number of amides is 1. The topological polar surface area (TPSA) is 63.7 Å². The number of hydrogen-bond donors (Lipinski definition) is 1. The van der Waals surface area contributed by atoms with Crippen molar-refractivity contribution >= 4 is 22.4 Å². The minimum Gasteiger partial charge on any atom is -0.365 e. The summed E-state index contributed by atoms with van der Waals surface area (Å²) in [6.07, 6.45) is 1.89. The molecule has 110 valence electrons. The number of nitrogens with one attached hydrogen (secondary N) is 1. The van der Waals surface area contributed by atoms with E-state index in [1.54, 1.807) is 0 Å². The van der Waals surface area contributed by atoms with Gasteiger partial charge in [-0.15, -0.1) is 11.3 Å². The van der Waals surface area contributed by atoms with E-state index in [2.05, 4.69) is 10.3 Å². The first-order chi connectivity index (χ1) is 9.71. The molecule has 2 aliphatic rings. The van der Waals surface area contributed by atoms with Crippen LogP contribution in [0.2, 0.25) is 0 Å². The fourth-order valence-electron chi connectivity index (χ4n) is 2.65. The first kappa shape index (κ1) is 13.8. The van der Waals surface area contributed by atoms with E-state index >= 15 is 0 Å². The minimum absolute atomic E-state index is 0.130. The predicted octanol–water partition coefficient (Wildman–Crippen LogP) is 1.09. The number of nitrogens with zero attached hydrogens (tertiary/aromatic N) is 2. The summed E-state index contributed by atoms with van der Waals surface area (Å²) in [4.78, 5) is 18.5. The monoisotopic (exact) mass is 297 g/mol. The Kier molecular flexibility index (Phi) is 3.91.